The molecule has 0 unspecified atom stereocenters. The number of hydrogen-bond donors (Lipinski definition) is 3. The second kappa shape index (κ2) is 11.6. The highest BCUT2D eigenvalue weighted by Gasteiger charge is 2.12. The van der Waals surface area contributed by atoms with Gasteiger partial charge in [-0.05, 0) is 36.2 Å². The minimum Gasteiger partial charge on any atom is -0.483 e. The molecule has 0 aromatic heterocycles. The molecule has 2 aromatic carbocycles. The Bertz CT molecular complexity index is 931. The fourth-order valence-electron chi connectivity index (χ4n) is 2.21. The van der Waals surface area contributed by atoms with Crippen LogP contribution in [0.2, 0.25) is 5.02 Å². The first kappa shape index (κ1) is 22.9. The minimum atomic E-state index is -0.869. The molecule has 3 N–H and O–H groups in total. The third-order valence-electron chi connectivity index (χ3n) is 3.63. The number of carbonyl (C=O) groups is 3. The summed E-state index contributed by atoms with van der Waals surface area (Å²) in [4.78, 5) is 35.4. The smallest absolute Gasteiger partial charge is 0.329 e. The van der Waals surface area contributed by atoms with Crippen LogP contribution in [0.4, 0.5) is 5.69 Å². The summed E-state index contributed by atoms with van der Waals surface area (Å²) in [6.07, 6.45) is 1.33. The summed E-state index contributed by atoms with van der Waals surface area (Å²) in [5.41, 5.74) is 3.24. The van der Waals surface area contributed by atoms with Crippen molar-refractivity contribution in [2.75, 3.05) is 18.5 Å². The number of nitrogens with zero attached hydrogens (tertiary/aromatic N) is 1. The molecule has 0 fully saturated rings. The van der Waals surface area contributed by atoms with Crippen LogP contribution in [0, 0.1) is 5.92 Å². The Kier molecular flexibility index (Phi) is 8.83. The first-order valence-electron chi connectivity index (χ1n) is 9.23. The van der Waals surface area contributed by atoms with Crippen molar-refractivity contribution >= 4 is 41.2 Å². The average molecular weight is 431 g/mol. The standard InChI is InChI=1S/C21H23ClN4O4/c1-14(2)11-23-20(28)21(29)26-24-12-15-6-3-4-9-18(15)30-13-19(27)25-17-8-5-7-16(22)10-17/h3-10,12,14H,11,13H2,1-2H3,(H,23,28)(H,25,27)(H,26,29)/b24-12-. The maximum absolute atomic E-state index is 12.1. The van der Waals surface area contributed by atoms with Gasteiger partial charge in [-0.1, -0.05) is 43.6 Å². The van der Waals surface area contributed by atoms with E-state index in [4.69, 9.17) is 16.3 Å². The van der Waals surface area contributed by atoms with Gasteiger partial charge in [0, 0.05) is 22.8 Å². The molecule has 0 atom stereocenters. The maximum Gasteiger partial charge on any atom is 0.329 e. The van der Waals surface area contributed by atoms with E-state index in [0.717, 1.165) is 0 Å². The van der Waals surface area contributed by atoms with Crippen molar-refractivity contribution in [1.29, 1.82) is 0 Å². The fourth-order valence-corrected chi connectivity index (χ4v) is 2.40. The summed E-state index contributed by atoms with van der Waals surface area (Å²) in [5, 5.41) is 9.46. The number of halogens is 1. The number of hydrogen-bond acceptors (Lipinski definition) is 5. The van der Waals surface area contributed by atoms with Gasteiger partial charge in [0.15, 0.2) is 6.61 Å². The zero-order valence-electron chi connectivity index (χ0n) is 16.6. The lowest BCUT2D eigenvalue weighted by Crippen LogP contribution is -2.39. The SMILES string of the molecule is CC(C)CNC(=O)C(=O)N/N=C\c1ccccc1OCC(=O)Nc1cccc(Cl)c1. The van der Waals surface area contributed by atoms with Crippen LogP contribution in [0.3, 0.4) is 0 Å². The third kappa shape index (κ3) is 7.92. The summed E-state index contributed by atoms with van der Waals surface area (Å²) in [5.74, 6) is -1.38. The number of carbonyl (C=O) groups excluding carboxylic acids is 3. The molecule has 0 aliphatic heterocycles. The summed E-state index contributed by atoms with van der Waals surface area (Å²) in [6, 6.07) is 13.6. The highest BCUT2D eigenvalue weighted by molar-refractivity contribution is 6.35. The summed E-state index contributed by atoms with van der Waals surface area (Å²) in [6.45, 7) is 4.00. The molecule has 158 valence electrons. The van der Waals surface area contributed by atoms with Crippen molar-refractivity contribution < 1.29 is 19.1 Å². The van der Waals surface area contributed by atoms with Crippen LogP contribution in [-0.4, -0.2) is 37.1 Å². The first-order chi connectivity index (χ1) is 14.3. The first-order valence-corrected chi connectivity index (χ1v) is 9.61. The summed E-state index contributed by atoms with van der Waals surface area (Å²) in [7, 11) is 0. The lowest BCUT2D eigenvalue weighted by Gasteiger charge is -2.10. The van der Waals surface area contributed by atoms with Gasteiger partial charge >= 0.3 is 11.8 Å². The molecular formula is C21H23ClN4O4. The molecule has 30 heavy (non-hydrogen) atoms. The Balaban J connectivity index is 1.89. The molecular weight excluding hydrogens is 408 g/mol. The molecule has 0 spiro atoms. The number of rotatable bonds is 8. The van der Waals surface area contributed by atoms with Crippen LogP contribution >= 0.6 is 11.6 Å². The van der Waals surface area contributed by atoms with E-state index in [9.17, 15) is 14.4 Å². The van der Waals surface area contributed by atoms with E-state index in [1.165, 1.54) is 6.21 Å². The van der Waals surface area contributed by atoms with Gasteiger partial charge in [-0.15, -0.1) is 0 Å². The van der Waals surface area contributed by atoms with Gasteiger partial charge in [0.25, 0.3) is 5.91 Å². The summed E-state index contributed by atoms with van der Waals surface area (Å²) < 4.78 is 5.54. The highest BCUT2D eigenvalue weighted by atomic mass is 35.5. The van der Waals surface area contributed by atoms with Gasteiger partial charge in [0.1, 0.15) is 5.75 Å². The Morgan fingerprint density at radius 1 is 1.10 bits per heavy atom. The van der Waals surface area contributed by atoms with Crippen molar-refractivity contribution in [3.8, 4) is 5.75 Å². The molecule has 0 bridgehead atoms. The van der Waals surface area contributed by atoms with E-state index in [1.54, 1.807) is 48.5 Å². The lowest BCUT2D eigenvalue weighted by molar-refractivity contribution is -0.139. The van der Waals surface area contributed by atoms with Gasteiger partial charge in [-0.2, -0.15) is 5.10 Å². The predicted octanol–water partition coefficient (Wildman–Crippen LogP) is 2.58. The van der Waals surface area contributed by atoms with Gasteiger partial charge < -0.3 is 15.4 Å². The van der Waals surface area contributed by atoms with Crippen molar-refractivity contribution in [3.63, 3.8) is 0 Å². The van der Waals surface area contributed by atoms with E-state index in [0.29, 0.717) is 28.6 Å². The monoisotopic (exact) mass is 430 g/mol. The molecule has 8 nitrogen and oxygen atoms in total. The van der Waals surface area contributed by atoms with Gasteiger partial charge in [-0.3, -0.25) is 14.4 Å². The van der Waals surface area contributed by atoms with Crippen molar-refractivity contribution in [3.05, 3.63) is 59.1 Å². The number of nitrogens with one attached hydrogen (secondary N) is 3. The van der Waals surface area contributed by atoms with Gasteiger partial charge in [0.2, 0.25) is 0 Å². The van der Waals surface area contributed by atoms with Crippen LogP contribution < -0.4 is 20.8 Å². The van der Waals surface area contributed by atoms with Gasteiger partial charge in [-0.25, -0.2) is 5.43 Å². The van der Waals surface area contributed by atoms with Crippen LogP contribution in [0.25, 0.3) is 0 Å². The van der Waals surface area contributed by atoms with Crippen LogP contribution in [-0.2, 0) is 14.4 Å². The Morgan fingerprint density at radius 2 is 1.87 bits per heavy atom. The van der Waals surface area contributed by atoms with E-state index in [-0.39, 0.29) is 18.4 Å². The van der Waals surface area contributed by atoms with Crippen LogP contribution in [0.5, 0.6) is 5.75 Å². The zero-order chi connectivity index (χ0) is 21.9. The number of amides is 3. The van der Waals surface area contributed by atoms with E-state index < -0.39 is 11.8 Å². The van der Waals surface area contributed by atoms with Crippen LogP contribution in [0.1, 0.15) is 19.4 Å². The third-order valence-corrected chi connectivity index (χ3v) is 3.87. The number of anilines is 1. The Labute approximate surface area is 179 Å². The molecule has 0 aliphatic rings. The zero-order valence-corrected chi connectivity index (χ0v) is 17.4. The molecule has 2 rings (SSSR count). The van der Waals surface area contributed by atoms with Crippen molar-refractivity contribution in [1.82, 2.24) is 10.7 Å². The minimum absolute atomic E-state index is 0.227. The second-order valence-corrected chi connectivity index (χ2v) is 7.12. The molecule has 0 saturated heterocycles. The Hall–Kier alpha value is -3.39. The fraction of sp³-hybridized carbons (Fsp3) is 0.238. The number of hydrazone groups is 1. The maximum atomic E-state index is 12.1. The molecule has 0 saturated carbocycles. The normalized spacial score (nSPS) is 10.7. The van der Waals surface area contributed by atoms with Crippen LogP contribution in [0.15, 0.2) is 53.6 Å². The highest BCUT2D eigenvalue weighted by Crippen LogP contribution is 2.17. The molecule has 3 amide bonds. The van der Waals surface area contributed by atoms with Crippen molar-refractivity contribution in [2.24, 2.45) is 11.0 Å². The molecule has 0 radical (unpaired) electrons. The average Bonchev–Trinajstić information content (AvgIpc) is 2.71. The number of benzene rings is 2. The number of ether oxygens (including phenoxy) is 1. The van der Waals surface area contributed by atoms with E-state index in [2.05, 4.69) is 21.2 Å². The quantitative estimate of drug-likeness (QED) is 0.339. The largest absolute Gasteiger partial charge is 0.483 e. The van der Waals surface area contributed by atoms with E-state index in [1.807, 2.05) is 13.8 Å². The molecule has 0 heterocycles. The summed E-state index contributed by atoms with van der Waals surface area (Å²) >= 11 is 5.89. The lowest BCUT2D eigenvalue weighted by atomic mass is 10.2. The van der Waals surface area contributed by atoms with Gasteiger partial charge in [0.05, 0.1) is 6.21 Å². The molecule has 2 aromatic rings. The Morgan fingerprint density at radius 3 is 2.60 bits per heavy atom. The van der Waals surface area contributed by atoms with E-state index >= 15 is 0 Å². The second-order valence-electron chi connectivity index (χ2n) is 6.69. The molecule has 0 aliphatic carbocycles. The molecule has 9 heteroatoms. The number of para-hydroxylation sites is 1. The topological polar surface area (TPSA) is 109 Å². The predicted molar refractivity (Wildman–Crippen MR) is 116 cm³/mol. The van der Waals surface area contributed by atoms with Crippen molar-refractivity contribution in [2.45, 2.75) is 13.8 Å².